The average molecular weight is 403 g/mol. The summed E-state index contributed by atoms with van der Waals surface area (Å²) in [5.74, 6) is -4.67. The second-order valence-corrected chi connectivity index (χ2v) is 6.29. The number of carboxylic acids is 1. The summed E-state index contributed by atoms with van der Waals surface area (Å²) >= 11 is 0. The Bertz CT molecular complexity index is 628. The maximum Gasteiger partial charge on any atom is 0.328 e. The molecule has 1 aliphatic rings. The fourth-order valence-electron chi connectivity index (χ4n) is 2.74. The number of amides is 4. The van der Waals surface area contributed by atoms with Gasteiger partial charge < -0.3 is 42.3 Å². The van der Waals surface area contributed by atoms with Crippen molar-refractivity contribution < 1.29 is 39.3 Å². The minimum Gasteiger partial charge on any atom is -0.480 e. The number of carboxylic acid groups (broad SMARTS) is 1. The molecule has 1 saturated heterocycles. The van der Waals surface area contributed by atoms with Crippen LogP contribution in [-0.2, 0) is 24.0 Å². The monoisotopic (exact) mass is 403 g/mol. The van der Waals surface area contributed by atoms with Crippen LogP contribution in [0.1, 0.15) is 19.3 Å². The predicted molar refractivity (Wildman–Crippen MR) is 92.2 cm³/mol. The first-order valence-electron chi connectivity index (χ1n) is 8.52. The first kappa shape index (κ1) is 23.3. The molecule has 0 aromatic carbocycles. The molecule has 158 valence electrons. The van der Waals surface area contributed by atoms with Gasteiger partial charge in [-0.25, -0.2) is 4.79 Å². The first-order valence-corrected chi connectivity index (χ1v) is 8.52. The van der Waals surface area contributed by atoms with Gasteiger partial charge in [0.2, 0.25) is 23.6 Å². The predicted octanol–water partition coefficient (Wildman–Crippen LogP) is -4.78. The van der Waals surface area contributed by atoms with E-state index in [0.29, 0.717) is 6.42 Å². The summed E-state index contributed by atoms with van der Waals surface area (Å²) in [5, 5.41) is 31.3. The van der Waals surface area contributed by atoms with Gasteiger partial charge in [0.15, 0.2) is 0 Å². The van der Waals surface area contributed by atoms with Crippen LogP contribution in [0.25, 0.3) is 0 Å². The second kappa shape index (κ2) is 10.5. The van der Waals surface area contributed by atoms with E-state index in [2.05, 4.69) is 5.32 Å². The molecule has 4 amide bonds. The van der Waals surface area contributed by atoms with Crippen LogP contribution in [0, 0.1) is 0 Å². The summed E-state index contributed by atoms with van der Waals surface area (Å²) in [6.07, 6.45) is 0.368. The summed E-state index contributed by atoms with van der Waals surface area (Å²) in [4.78, 5) is 59.8. The first-order chi connectivity index (χ1) is 13.1. The van der Waals surface area contributed by atoms with E-state index in [1.54, 1.807) is 0 Å². The van der Waals surface area contributed by atoms with Crippen LogP contribution in [0.2, 0.25) is 0 Å². The molecule has 0 saturated carbocycles. The number of carbonyl (C=O) groups excluding carboxylic acids is 4. The second-order valence-electron chi connectivity index (χ2n) is 6.29. The zero-order valence-electron chi connectivity index (χ0n) is 15.0. The van der Waals surface area contributed by atoms with Crippen LogP contribution >= 0.6 is 0 Å². The van der Waals surface area contributed by atoms with Crippen LogP contribution < -0.4 is 22.1 Å². The molecule has 0 spiro atoms. The van der Waals surface area contributed by atoms with E-state index in [9.17, 15) is 29.1 Å². The molecule has 9 N–H and O–H groups in total. The van der Waals surface area contributed by atoms with E-state index in [1.807, 2.05) is 5.32 Å². The van der Waals surface area contributed by atoms with Gasteiger partial charge in [-0.05, 0) is 12.8 Å². The highest BCUT2D eigenvalue weighted by atomic mass is 16.4. The maximum absolute atomic E-state index is 12.5. The molecule has 0 aliphatic carbocycles. The minimum absolute atomic E-state index is 0.213. The number of nitrogens with zero attached hydrogens (tertiary/aromatic N) is 1. The van der Waals surface area contributed by atoms with Crippen LogP contribution in [0.15, 0.2) is 0 Å². The number of primary amides is 1. The van der Waals surface area contributed by atoms with Gasteiger partial charge in [0.05, 0.1) is 25.7 Å². The summed E-state index contributed by atoms with van der Waals surface area (Å²) in [5.41, 5.74) is 10.6. The largest absolute Gasteiger partial charge is 0.480 e. The standard InChI is InChI=1S/C15H25N5O8/c16-7(4-11(17)23)14(26)20-3-1-2-10(20)13(25)18-8(5-21)12(24)19-9(6-22)15(27)28/h7-10,21-22H,1-6,16H2,(H2,17,23)(H,18,25)(H,19,24)(H,27,28). The third kappa shape index (κ3) is 6.14. The van der Waals surface area contributed by atoms with Gasteiger partial charge in [-0.2, -0.15) is 0 Å². The van der Waals surface area contributed by atoms with Gasteiger partial charge in [-0.1, -0.05) is 0 Å². The number of hydrogen-bond donors (Lipinski definition) is 7. The SMILES string of the molecule is NC(=O)CC(N)C(=O)N1CCCC1C(=O)NC(CO)C(=O)NC(CO)C(=O)O. The number of rotatable bonds is 10. The molecule has 13 nitrogen and oxygen atoms in total. The lowest BCUT2D eigenvalue weighted by Crippen LogP contribution is -2.58. The molecule has 0 aromatic heterocycles. The number of nitrogens with two attached hydrogens (primary N) is 2. The Morgan fingerprint density at radius 1 is 1.07 bits per heavy atom. The molecule has 1 heterocycles. The smallest absolute Gasteiger partial charge is 0.328 e. The number of nitrogens with one attached hydrogen (secondary N) is 2. The van der Waals surface area contributed by atoms with Gasteiger partial charge in [0.25, 0.3) is 0 Å². The lowest BCUT2D eigenvalue weighted by atomic mass is 10.1. The van der Waals surface area contributed by atoms with Crippen molar-refractivity contribution in [2.45, 2.75) is 43.4 Å². The van der Waals surface area contributed by atoms with E-state index in [-0.39, 0.29) is 19.4 Å². The van der Waals surface area contributed by atoms with Crippen molar-refractivity contribution in [3.8, 4) is 0 Å². The van der Waals surface area contributed by atoms with Gasteiger partial charge >= 0.3 is 5.97 Å². The molecule has 13 heteroatoms. The number of likely N-dealkylation sites (tertiary alicyclic amines) is 1. The average Bonchev–Trinajstić information content (AvgIpc) is 3.11. The van der Waals surface area contributed by atoms with Crippen LogP contribution in [0.3, 0.4) is 0 Å². The fourth-order valence-corrected chi connectivity index (χ4v) is 2.74. The Kier molecular flexibility index (Phi) is 8.76. The molecule has 0 bridgehead atoms. The number of aliphatic hydroxyl groups is 2. The Morgan fingerprint density at radius 2 is 1.68 bits per heavy atom. The van der Waals surface area contributed by atoms with Gasteiger partial charge in [-0.15, -0.1) is 0 Å². The third-order valence-electron chi connectivity index (χ3n) is 4.19. The minimum atomic E-state index is -1.60. The van der Waals surface area contributed by atoms with Gasteiger partial charge in [0.1, 0.15) is 18.1 Å². The highest BCUT2D eigenvalue weighted by Crippen LogP contribution is 2.19. The van der Waals surface area contributed by atoms with E-state index < -0.39 is 67.0 Å². The van der Waals surface area contributed by atoms with Crippen molar-refractivity contribution in [2.75, 3.05) is 19.8 Å². The maximum atomic E-state index is 12.5. The van der Waals surface area contributed by atoms with Gasteiger partial charge in [-0.3, -0.25) is 19.2 Å². The highest BCUT2D eigenvalue weighted by molar-refractivity contribution is 5.95. The molecule has 0 radical (unpaired) electrons. The summed E-state index contributed by atoms with van der Waals surface area (Å²) in [7, 11) is 0. The van der Waals surface area contributed by atoms with Crippen LogP contribution in [0.4, 0.5) is 0 Å². The Hall–Kier alpha value is -2.77. The quantitative estimate of drug-likeness (QED) is 0.185. The van der Waals surface area contributed by atoms with E-state index in [4.69, 9.17) is 21.7 Å². The van der Waals surface area contributed by atoms with E-state index in [1.165, 1.54) is 4.90 Å². The molecule has 1 fully saturated rings. The van der Waals surface area contributed by atoms with Crippen LogP contribution in [-0.4, -0.2) is 93.7 Å². The Morgan fingerprint density at radius 3 is 2.18 bits per heavy atom. The summed E-state index contributed by atoms with van der Waals surface area (Å²) in [6, 6.07) is -5.27. The molecular weight excluding hydrogens is 378 g/mol. The Labute approximate surface area is 160 Å². The molecule has 28 heavy (non-hydrogen) atoms. The van der Waals surface area contributed by atoms with Gasteiger partial charge in [0, 0.05) is 6.54 Å². The topological polar surface area (TPSA) is 225 Å². The third-order valence-corrected chi connectivity index (χ3v) is 4.19. The van der Waals surface area contributed by atoms with E-state index >= 15 is 0 Å². The van der Waals surface area contributed by atoms with Crippen molar-refractivity contribution in [2.24, 2.45) is 11.5 Å². The molecule has 1 rings (SSSR count). The van der Waals surface area contributed by atoms with E-state index in [0.717, 1.165) is 0 Å². The van der Waals surface area contributed by atoms with Crippen molar-refractivity contribution in [3.05, 3.63) is 0 Å². The van der Waals surface area contributed by atoms with Crippen molar-refractivity contribution in [3.63, 3.8) is 0 Å². The lowest BCUT2D eigenvalue weighted by Gasteiger charge is -2.28. The highest BCUT2D eigenvalue weighted by Gasteiger charge is 2.38. The lowest BCUT2D eigenvalue weighted by molar-refractivity contribution is -0.144. The number of carbonyl (C=O) groups is 5. The summed E-state index contributed by atoms with van der Waals surface area (Å²) < 4.78 is 0. The molecule has 0 aromatic rings. The van der Waals surface area contributed by atoms with Crippen molar-refractivity contribution in [1.29, 1.82) is 0 Å². The normalized spacial score (nSPS) is 19.4. The molecule has 4 unspecified atom stereocenters. The van der Waals surface area contributed by atoms with Crippen LogP contribution in [0.5, 0.6) is 0 Å². The zero-order chi connectivity index (χ0) is 21.4. The number of hydrogen-bond acceptors (Lipinski definition) is 8. The summed E-state index contributed by atoms with van der Waals surface area (Å²) in [6.45, 7) is -1.50. The number of aliphatic carboxylic acids is 1. The molecular formula is C15H25N5O8. The molecule has 4 atom stereocenters. The molecule has 1 aliphatic heterocycles. The number of aliphatic hydroxyl groups excluding tert-OH is 2. The fraction of sp³-hybridized carbons (Fsp3) is 0.667. The Balaban J connectivity index is 2.77. The van der Waals surface area contributed by atoms with Crippen molar-refractivity contribution >= 4 is 29.6 Å². The van der Waals surface area contributed by atoms with Crippen molar-refractivity contribution in [1.82, 2.24) is 15.5 Å². The zero-order valence-corrected chi connectivity index (χ0v) is 15.0.